The summed E-state index contributed by atoms with van der Waals surface area (Å²) in [5, 5.41) is 4.75. The topological polar surface area (TPSA) is 24.9 Å². The third kappa shape index (κ3) is 4.15. The van der Waals surface area contributed by atoms with Gasteiger partial charge < -0.3 is 5.32 Å². The van der Waals surface area contributed by atoms with E-state index < -0.39 is 0 Å². The fraction of sp³-hybridized carbons (Fsp3) is 0.471. The van der Waals surface area contributed by atoms with Crippen LogP contribution in [-0.2, 0) is 12.0 Å². The number of benzene rings is 1. The number of nitrogens with zero attached hydrogens (tertiary/aromatic N) is 1. The maximum absolute atomic E-state index is 4.52. The molecule has 108 valence electrons. The second-order valence-electron chi connectivity index (χ2n) is 6.32. The molecule has 1 N–H and O–H groups in total. The maximum Gasteiger partial charge on any atom is 0.0981 e. The van der Waals surface area contributed by atoms with Crippen LogP contribution < -0.4 is 5.32 Å². The molecule has 1 aromatic carbocycles. The zero-order valence-electron chi connectivity index (χ0n) is 12.8. The zero-order valence-corrected chi connectivity index (χ0v) is 13.6. The van der Waals surface area contributed by atoms with Crippen LogP contribution in [0.3, 0.4) is 0 Å². The number of aromatic nitrogens is 1. The average Bonchev–Trinajstić information content (AvgIpc) is 2.88. The number of hydrogen-bond acceptors (Lipinski definition) is 3. The first-order valence-corrected chi connectivity index (χ1v) is 7.99. The largest absolute Gasteiger partial charge is 0.311 e. The van der Waals surface area contributed by atoms with E-state index in [4.69, 9.17) is 0 Å². The van der Waals surface area contributed by atoms with Crippen LogP contribution in [0.15, 0.2) is 36.5 Å². The minimum absolute atomic E-state index is 0.153. The molecule has 1 atom stereocenters. The molecule has 2 rings (SSSR count). The van der Waals surface area contributed by atoms with E-state index in [0.29, 0.717) is 5.92 Å². The van der Waals surface area contributed by atoms with E-state index in [0.717, 1.165) is 13.1 Å². The molecule has 3 heteroatoms. The summed E-state index contributed by atoms with van der Waals surface area (Å²) >= 11 is 1.81. The maximum atomic E-state index is 4.52. The van der Waals surface area contributed by atoms with Gasteiger partial charge in [0.05, 0.1) is 5.01 Å². The van der Waals surface area contributed by atoms with E-state index in [2.05, 4.69) is 68.3 Å². The molecule has 0 fully saturated rings. The lowest BCUT2D eigenvalue weighted by Gasteiger charge is -2.14. The Bertz CT molecular complexity index is 525. The summed E-state index contributed by atoms with van der Waals surface area (Å²) < 4.78 is 0. The molecule has 1 unspecified atom stereocenters. The summed E-state index contributed by atoms with van der Waals surface area (Å²) in [7, 11) is 0. The Kier molecular flexibility index (Phi) is 4.95. The van der Waals surface area contributed by atoms with Crippen LogP contribution in [0.25, 0.3) is 0 Å². The quantitative estimate of drug-likeness (QED) is 0.885. The fourth-order valence-electron chi connectivity index (χ4n) is 2.05. The molecule has 0 aliphatic heterocycles. The van der Waals surface area contributed by atoms with Crippen molar-refractivity contribution in [3.63, 3.8) is 0 Å². The van der Waals surface area contributed by atoms with Crippen LogP contribution in [0.5, 0.6) is 0 Å². The predicted octanol–water partition coefficient (Wildman–Crippen LogP) is 4.33. The molecule has 20 heavy (non-hydrogen) atoms. The summed E-state index contributed by atoms with van der Waals surface area (Å²) in [6.07, 6.45) is 2.01. The first-order chi connectivity index (χ1) is 9.47. The van der Waals surface area contributed by atoms with E-state index in [1.807, 2.05) is 17.5 Å². The second kappa shape index (κ2) is 6.51. The van der Waals surface area contributed by atoms with Crippen LogP contribution in [0.1, 0.15) is 49.1 Å². The van der Waals surface area contributed by atoms with Crippen molar-refractivity contribution < 1.29 is 0 Å². The first kappa shape index (κ1) is 15.2. The molecule has 0 aliphatic carbocycles. The molecule has 2 aromatic rings. The van der Waals surface area contributed by atoms with Gasteiger partial charge in [0.25, 0.3) is 0 Å². The van der Waals surface area contributed by atoms with Crippen molar-refractivity contribution in [3.05, 3.63) is 52.0 Å². The van der Waals surface area contributed by atoms with Crippen LogP contribution in [0, 0.1) is 0 Å². The smallest absolute Gasteiger partial charge is 0.0981 e. The van der Waals surface area contributed by atoms with E-state index in [9.17, 15) is 0 Å². The van der Waals surface area contributed by atoms with Gasteiger partial charge in [-0.3, -0.25) is 0 Å². The van der Waals surface area contributed by atoms with Gasteiger partial charge in [0, 0.05) is 29.6 Å². The molecule has 0 radical (unpaired) electrons. The van der Waals surface area contributed by atoms with Gasteiger partial charge in [0.1, 0.15) is 0 Å². The van der Waals surface area contributed by atoms with Crippen molar-refractivity contribution >= 4 is 11.3 Å². The Hall–Kier alpha value is -1.19. The van der Waals surface area contributed by atoms with Gasteiger partial charge in [0.15, 0.2) is 0 Å². The number of rotatable bonds is 5. The summed E-state index contributed by atoms with van der Waals surface area (Å²) in [5.74, 6) is 0.534. The molecule has 0 spiro atoms. The van der Waals surface area contributed by atoms with E-state index in [1.165, 1.54) is 15.4 Å². The molecule has 0 saturated heterocycles. The lowest BCUT2D eigenvalue weighted by molar-refractivity contribution is 0.585. The number of thiazole rings is 1. The summed E-state index contributed by atoms with van der Waals surface area (Å²) in [6, 6.07) is 10.7. The number of hydrogen-bond donors (Lipinski definition) is 1. The van der Waals surface area contributed by atoms with E-state index >= 15 is 0 Å². The highest BCUT2D eigenvalue weighted by atomic mass is 32.1. The minimum Gasteiger partial charge on any atom is -0.311 e. The Morgan fingerprint density at radius 2 is 1.90 bits per heavy atom. The van der Waals surface area contributed by atoms with Crippen molar-refractivity contribution in [1.82, 2.24) is 10.3 Å². The molecule has 1 heterocycles. The van der Waals surface area contributed by atoms with Crippen molar-refractivity contribution in [2.24, 2.45) is 0 Å². The summed E-state index contributed by atoms with van der Waals surface area (Å²) in [5.41, 5.74) is 1.54. The predicted molar refractivity (Wildman–Crippen MR) is 87.4 cm³/mol. The van der Waals surface area contributed by atoms with Crippen molar-refractivity contribution in [3.8, 4) is 0 Å². The standard InChI is InChI=1S/C17H24N2S/c1-13(14-8-6-5-7-9-14)10-18-11-15-12-19-16(20-15)17(2,3)4/h5-9,12-13,18H,10-11H2,1-4H3. The molecule has 0 aliphatic rings. The molecule has 0 saturated carbocycles. The van der Waals surface area contributed by atoms with Crippen LogP contribution in [0.4, 0.5) is 0 Å². The third-order valence-electron chi connectivity index (χ3n) is 3.31. The fourth-order valence-corrected chi connectivity index (χ4v) is 2.99. The van der Waals surface area contributed by atoms with Gasteiger partial charge >= 0.3 is 0 Å². The average molecular weight is 288 g/mol. The van der Waals surface area contributed by atoms with Gasteiger partial charge in [-0.2, -0.15) is 0 Å². The van der Waals surface area contributed by atoms with Crippen LogP contribution in [-0.4, -0.2) is 11.5 Å². The van der Waals surface area contributed by atoms with Gasteiger partial charge in [-0.05, 0) is 11.5 Å². The Morgan fingerprint density at radius 1 is 1.20 bits per heavy atom. The lowest BCUT2D eigenvalue weighted by atomic mass is 9.98. The van der Waals surface area contributed by atoms with Crippen LogP contribution >= 0.6 is 11.3 Å². The Morgan fingerprint density at radius 3 is 2.50 bits per heavy atom. The molecular weight excluding hydrogens is 264 g/mol. The Labute approximate surface area is 126 Å². The molecule has 1 aromatic heterocycles. The molecule has 0 amide bonds. The minimum atomic E-state index is 0.153. The molecule has 0 bridgehead atoms. The Balaban J connectivity index is 1.83. The van der Waals surface area contributed by atoms with E-state index in [1.54, 1.807) is 0 Å². The summed E-state index contributed by atoms with van der Waals surface area (Å²) in [4.78, 5) is 5.84. The lowest BCUT2D eigenvalue weighted by Crippen LogP contribution is -2.19. The second-order valence-corrected chi connectivity index (χ2v) is 7.44. The highest BCUT2D eigenvalue weighted by Gasteiger charge is 2.17. The van der Waals surface area contributed by atoms with Crippen LogP contribution in [0.2, 0.25) is 0 Å². The monoisotopic (exact) mass is 288 g/mol. The number of nitrogens with one attached hydrogen (secondary N) is 1. The highest BCUT2D eigenvalue weighted by Crippen LogP contribution is 2.26. The summed E-state index contributed by atoms with van der Waals surface area (Å²) in [6.45, 7) is 10.8. The van der Waals surface area contributed by atoms with Crippen molar-refractivity contribution in [2.75, 3.05) is 6.54 Å². The zero-order chi connectivity index (χ0) is 14.6. The van der Waals surface area contributed by atoms with Gasteiger partial charge in [-0.1, -0.05) is 58.0 Å². The molecular formula is C17H24N2S. The van der Waals surface area contributed by atoms with Gasteiger partial charge in [-0.25, -0.2) is 4.98 Å². The van der Waals surface area contributed by atoms with Gasteiger partial charge in [0.2, 0.25) is 0 Å². The van der Waals surface area contributed by atoms with Crippen molar-refractivity contribution in [2.45, 2.75) is 45.6 Å². The molecule has 2 nitrogen and oxygen atoms in total. The SMILES string of the molecule is CC(CNCc1cnc(C(C)(C)C)s1)c1ccccc1. The third-order valence-corrected chi connectivity index (χ3v) is 4.74. The van der Waals surface area contributed by atoms with Crippen molar-refractivity contribution in [1.29, 1.82) is 0 Å². The van der Waals surface area contributed by atoms with Gasteiger partial charge in [-0.15, -0.1) is 11.3 Å². The first-order valence-electron chi connectivity index (χ1n) is 7.17. The van der Waals surface area contributed by atoms with E-state index in [-0.39, 0.29) is 5.41 Å². The highest BCUT2D eigenvalue weighted by molar-refractivity contribution is 7.11. The normalized spacial score (nSPS) is 13.4.